The maximum Gasteiger partial charge on any atom is 0.118 e. The number of nitrogens with zero attached hydrogens (tertiary/aromatic N) is 1. The Hall–Kier alpha value is -1.13. The fraction of sp³-hybridized carbons (Fsp3) is 0.188. The van der Waals surface area contributed by atoms with Crippen LogP contribution in [0.25, 0.3) is 0 Å². The zero-order chi connectivity index (χ0) is 14.5. The first-order valence-electron chi connectivity index (χ1n) is 6.22. The van der Waals surface area contributed by atoms with E-state index in [1.54, 1.807) is 7.11 Å². The number of aliphatic imine (C=N–C) groups is 1. The predicted molar refractivity (Wildman–Crippen MR) is 90.8 cm³/mol. The van der Waals surface area contributed by atoms with E-state index < -0.39 is 0 Å². The smallest absolute Gasteiger partial charge is 0.118 e. The minimum atomic E-state index is 0.0968. The van der Waals surface area contributed by atoms with Crippen molar-refractivity contribution in [1.82, 2.24) is 0 Å². The van der Waals surface area contributed by atoms with E-state index in [0.717, 1.165) is 25.8 Å². The van der Waals surface area contributed by atoms with Crippen molar-refractivity contribution < 1.29 is 4.74 Å². The largest absolute Gasteiger partial charge is 0.497 e. The van der Waals surface area contributed by atoms with Crippen molar-refractivity contribution in [1.29, 1.82) is 0 Å². The minimum absolute atomic E-state index is 0.0968. The summed E-state index contributed by atoms with van der Waals surface area (Å²) in [5, 5.41) is 0. The van der Waals surface area contributed by atoms with Crippen molar-refractivity contribution in [2.75, 3.05) is 7.11 Å². The van der Waals surface area contributed by atoms with Crippen molar-refractivity contribution in [3.05, 3.63) is 62.5 Å². The topological polar surface area (TPSA) is 21.6 Å². The van der Waals surface area contributed by atoms with Gasteiger partial charge in [-0.05, 0) is 54.4 Å². The molecule has 2 nitrogen and oxygen atoms in total. The lowest BCUT2D eigenvalue weighted by Gasteiger charge is -2.09. The average molecular weight is 397 g/mol. The fourth-order valence-corrected chi connectivity index (χ4v) is 3.19. The molecule has 4 heteroatoms. The SMILES string of the molecule is COc1ccc(C=NC(C)c2ccc(Br)cc2Br)cc1. The molecular formula is C16H15Br2NO. The minimum Gasteiger partial charge on any atom is -0.497 e. The number of ether oxygens (including phenoxy) is 1. The van der Waals surface area contributed by atoms with Gasteiger partial charge in [0.25, 0.3) is 0 Å². The number of hydrogen-bond acceptors (Lipinski definition) is 2. The molecule has 0 aliphatic carbocycles. The highest BCUT2D eigenvalue weighted by Gasteiger charge is 2.07. The summed E-state index contributed by atoms with van der Waals surface area (Å²) in [6.45, 7) is 2.08. The fourth-order valence-electron chi connectivity index (χ4n) is 1.81. The summed E-state index contributed by atoms with van der Waals surface area (Å²) in [5.74, 6) is 0.853. The number of rotatable bonds is 4. The molecule has 0 aliphatic rings. The van der Waals surface area contributed by atoms with E-state index in [1.165, 1.54) is 0 Å². The van der Waals surface area contributed by atoms with Gasteiger partial charge in [0, 0.05) is 15.2 Å². The number of benzene rings is 2. The predicted octanol–water partition coefficient (Wildman–Crippen LogP) is 5.40. The van der Waals surface area contributed by atoms with Crippen molar-refractivity contribution in [3.8, 4) is 5.75 Å². The van der Waals surface area contributed by atoms with Crippen LogP contribution in [0.4, 0.5) is 0 Å². The van der Waals surface area contributed by atoms with Gasteiger partial charge in [0.05, 0.1) is 13.2 Å². The lowest BCUT2D eigenvalue weighted by molar-refractivity contribution is 0.415. The third-order valence-corrected chi connectivity index (χ3v) is 4.16. The summed E-state index contributed by atoms with van der Waals surface area (Å²) >= 11 is 7.03. The van der Waals surface area contributed by atoms with Crippen molar-refractivity contribution in [3.63, 3.8) is 0 Å². The van der Waals surface area contributed by atoms with Gasteiger partial charge in [-0.25, -0.2) is 0 Å². The van der Waals surface area contributed by atoms with Crippen LogP contribution in [0.2, 0.25) is 0 Å². The second kappa shape index (κ2) is 7.04. The molecule has 0 fully saturated rings. The van der Waals surface area contributed by atoms with E-state index in [9.17, 15) is 0 Å². The Bertz CT molecular complexity index is 608. The third-order valence-electron chi connectivity index (χ3n) is 2.98. The first-order chi connectivity index (χ1) is 9.60. The van der Waals surface area contributed by atoms with Crippen molar-refractivity contribution in [2.24, 2.45) is 4.99 Å². The summed E-state index contributed by atoms with van der Waals surface area (Å²) in [7, 11) is 1.66. The molecule has 0 spiro atoms. The standard InChI is InChI=1S/C16H15Br2NO/c1-11(15-8-5-13(17)9-16(15)18)19-10-12-3-6-14(20-2)7-4-12/h3-11H,1-2H3. The van der Waals surface area contributed by atoms with Crippen LogP contribution < -0.4 is 4.74 Å². The first-order valence-corrected chi connectivity index (χ1v) is 7.81. The molecule has 104 valence electrons. The van der Waals surface area contributed by atoms with Gasteiger partial charge < -0.3 is 4.74 Å². The van der Waals surface area contributed by atoms with Gasteiger partial charge in [-0.15, -0.1) is 0 Å². The summed E-state index contributed by atoms with van der Waals surface area (Å²) < 4.78 is 7.25. The molecule has 0 bridgehead atoms. The molecule has 0 aliphatic heterocycles. The molecule has 0 radical (unpaired) electrons. The van der Waals surface area contributed by atoms with Crippen LogP contribution in [0, 0.1) is 0 Å². The van der Waals surface area contributed by atoms with Gasteiger partial charge >= 0.3 is 0 Å². The maximum absolute atomic E-state index is 5.14. The summed E-state index contributed by atoms with van der Waals surface area (Å²) in [6.07, 6.45) is 1.89. The summed E-state index contributed by atoms with van der Waals surface area (Å²) in [6, 6.07) is 14.1. The normalized spacial score (nSPS) is 12.6. The van der Waals surface area contributed by atoms with Gasteiger partial charge in [0.15, 0.2) is 0 Å². The third kappa shape index (κ3) is 3.93. The van der Waals surface area contributed by atoms with Crippen LogP contribution in [-0.4, -0.2) is 13.3 Å². The van der Waals surface area contributed by atoms with Gasteiger partial charge in [-0.1, -0.05) is 37.9 Å². The molecular weight excluding hydrogens is 382 g/mol. The molecule has 0 aromatic heterocycles. The average Bonchev–Trinajstić information content (AvgIpc) is 2.45. The first kappa shape index (κ1) is 15.3. The second-order valence-electron chi connectivity index (χ2n) is 4.39. The number of hydrogen-bond donors (Lipinski definition) is 0. The Morgan fingerprint density at radius 2 is 1.80 bits per heavy atom. The van der Waals surface area contributed by atoms with Gasteiger partial charge in [-0.3, -0.25) is 4.99 Å². The van der Waals surface area contributed by atoms with Gasteiger partial charge in [-0.2, -0.15) is 0 Å². The maximum atomic E-state index is 5.14. The van der Waals surface area contributed by atoms with E-state index >= 15 is 0 Å². The second-order valence-corrected chi connectivity index (χ2v) is 6.16. The molecule has 0 amide bonds. The zero-order valence-electron chi connectivity index (χ0n) is 11.3. The number of methoxy groups -OCH3 is 1. The molecule has 2 aromatic carbocycles. The van der Waals surface area contributed by atoms with E-state index in [1.807, 2.05) is 42.6 Å². The molecule has 0 N–H and O–H groups in total. The number of halogens is 2. The molecule has 1 unspecified atom stereocenters. The lowest BCUT2D eigenvalue weighted by Crippen LogP contribution is -1.93. The molecule has 0 saturated carbocycles. The monoisotopic (exact) mass is 395 g/mol. The highest BCUT2D eigenvalue weighted by molar-refractivity contribution is 9.11. The molecule has 0 saturated heterocycles. The van der Waals surface area contributed by atoms with E-state index in [-0.39, 0.29) is 6.04 Å². The van der Waals surface area contributed by atoms with E-state index in [0.29, 0.717) is 0 Å². The molecule has 2 rings (SSSR count). The molecule has 0 heterocycles. The van der Waals surface area contributed by atoms with Gasteiger partial charge in [0.2, 0.25) is 0 Å². The van der Waals surface area contributed by atoms with Crippen LogP contribution in [0.1, 0.15) is 24.1 Å². The van der Waals surface area contributed by atoms with E-state index in [4.69, 9.17) is 4.74 Å². The van der Waals surface area contributed by atoms with Crippen LogP contribution >= 0.6 is 31.9 Å². The lowest BCUT2D eigenvalue weighted by atomic mass is 10.1. The van der Waals surface area contributed by atoms with Crippen LogP contribution in [0.15, 0.2) is 56.4 Å². The Kier molecular flexibility index (Phi) is 5.38. The Morgan fingerprint density at radius 3 is 2.40 bits per heavy atom. The molecule has 20 heavy (non-hydrogen) atoms. The summed E-state index contributed by atoms with van der Waals surface area (Å²) in [5.41, 5.74) is 2.23. The Balaban J connectivity index is 2.13. The van der Waals surface area contributed by atoms with Crippen molar-refractivity contribution >= 4 is 38.1 Å². The Labute approximate surface area is 136 Å². The van der Waals surface area contributed by atoms with Crippen LogP contribution in [-0.2, 0) is 0 Å². The Morgan fingerprint density at radius 1 is 1.10 bits per heavy atom. The van der Waals surface area contributed by atoms with Crippen LogP contribution in [0.3, 0.4) is 0 Å². The molecule has 2 aromatic rings. The van der Waals surface area contributed by atoms with Crippen molar-refractivity contribution in [2.45, 2.75) is 13.0 Å². The molecule has 1 atom stereocenters. The quantitative estimate of drug-likeness (QED) is 0.634. The van der Waals surface area contributed by atoms with Gasteiger partial charge in [0.1, 0.15) is 5.75 Å². The highest BCUT2D eigenvalue weighted by atomic mass is 79.9. The zero-order valence-corrected chi connectivity index (χ0v) is 14.5. The van der Waals surface area contributed by atoms with E-state index in [2.05, 4.69) is 49.8 Å². The highest BCUT2D eigenvalue weighted by Crippen LogP contribution is 2.28. The summed E-state index contributed by atoms with van der Waals surface area (Å²) in [4.78, 5) is 4.60. The van der Waals surface area contributed by atoms with Crippen LogP contribution in [0.5, 0.6) is 5.75 Å².